The van der Waals surface area contributed by atoms with Crippen LogP contribution in [0.4, 0.5) is 8.78 Å². The summed E-state index contributed by atoms with van der Waals surface area (Å²) in [6.07, 6.45) is 0. The van der Waals surface area contributed by atoms with Gasteiger partial charge in [-0.2, -0.15) is 4.57 Å². The number of fused-ring (bicyclic) bond motifs is 2. The first kappa shape index (κ1) is 16.1. The van der Waals surface area contributed by atoms with Gasteiger partial charge in [-0.3, -0.25) is 0 Å². The molecule has 4 rings (SSSR count). The van der Waals surface area contributed by atoms with Gasteiger partial charge in [0.1, 0.15) is 24.4 Å². The fraction of sp³-hybridized carbons (Fsp3) is 0.0476. The van der Waals surface area contributed by atoms with Gasteiger partial charge in [0, 0.05) is 30.3 Å². The van der Waals surface area contributed by atoms with E-state index in [2.05, 4.69) is 0 Å². The minimum Gasteiger partial charge on any atom is -0.423 e. The van der Waals surface area contributed by atoms with Gasteiger partial charge in [0.05, 0.1) is 16.3 Å². The van der Waals surface area contributed by atoms with Crippen molar-refractivity contribution in [1.82, 2.24) is 0 Å². The molecule has 1 aromatic heterocycles. The van der Waals surface area contributed by atoms with Crippen molar-refractivity contribution in [2.24, 2.45) is 7.05 Å². The first-order valence-corrected chi connectivity index (χ1v) is 8.02. The standard InChI is InChI=1S/C21H14F2NO2/c1-24-18-8-4-2-6-16(18)20(17-7-3-5-9-19(17)24)21(25)26-15-11-13(22)10-14(23)12-15/h2-12H,1H3/q+1. The second kappa shape index (κ2) is 6.19. The number of esters is 1. The van der Waals surface area contributed by atoms with E-state index in [4.69, 9.17) is 4.74 Å². The second-order valence-electron chi connectivity index (χ2n) is 5.96. The normalized spacial score (nSPS) is 11.0. The number of carbonyl (C=O) groups excluding carboxylic acids is 1. The van der Waals surface area contributed by atoms with Gasteiger partial charge in [-0.1, -0.05) is 24.3 Å². The van der Waals surface area contributed by atoms with E-state index in [1.165, 1.54) is 0 Å². The van der Waals surface area contributed by atoms with Gasteiger partial charge in [0.15, 0.2) is 0 Å². The molecule has 128 valence electrons. The number of rotatable bonds is 2. The number of aromatic nitrogens is 1. The molecule has 0 aliphatic heterocycles. The third-order valence-corrected chi connectivity index (χ3v) is 4.32. The molecule has 0 saturated heterocycles. The SMILES string of the molecule is C[n+]1c2ccccc2c(C(=O)Oc2cc(F)cc(F)c2)c2ccccc21. The number of para-hydroxylation sites is 2. The number of nitrogens with zero attached hydrogens (tertiary/aromatic N) is 1. The van der Waals surface area contributed by atoms with Crippen LogP contribution in [0.25, 0.3) is 21.8 Å². The lowest BCUT2D eigenvalue weighted by atomic mass is 10.0. The molecular weight excluding hydrogens is 336 g/mol. The van der Waals surface area contributed by atoms with Crippen LogP contribution < -0.4 is 9.30 Å². The smallest absolute Gasteiger partial charge is 0.345 e. The molecule has 5 heteroatoms. The van der Waals surface area contributed by atoms with Gasteiger partial charge in [0.25, 0.3) is 0 Å². The highest BCUT2D eigenvalue weighted by Gasteiger charge is 2.23. The van der Waals surface area contributed by atoms with Crippen molar-refractivity contribution in [2.45, 2.75) is 0 Å². The van der Waals surface area contributed by atoms with Gasteiger partial charge < -0.3 is 4.74 Å². The van der Waals surface area contributed by atoms with Crippen molar-refractivity contribution in [3.8, 4) is 5.75 Å². The Labute approximate surface area is 148 Å². The molecule has 0 aliphatic rings. The number of hydrogen-bond acceptors (Lipinski definition) is 2. The van der Waals surface area contributed by atoms with Crippen LogP contribution in [-0.2, 0) is 7.05 Å². The molecule has 0 saturated carbocycles. The minimum atomic E-state index is -0.804. The molecule has 0 amide bonds. The van der Waals surface area contributed by atoms with Gasteiger partial charge in [0.2, 0.25) is 11.0 Å². The summed E-state index contributed by atoms with van der Waals surface area (Å²) in [6.45, 7) is 0. The summed E-state index contributed by atoms with van der Waals surface area (Å²) in [6, 6.07) is 17.6. The Morgan fingerprint density at radius 1 is 0.846 bits per heavy atom. The number of pyridine rings is 1. The first-order valence-electron chi connectivity index (χ1n) is 8.02. The predicted octanol–water partition coefficient (Wildman–Crippen LogP) is 4.31. The van der Waals surface area contributed by atoms with Crippen LogP contribution in [0.2, 0.25) is 0 Å². The Morgan fingerprint density at radius 2 is 1.35 bits per heavy atom. The highest BCUT2D eigenvalue weighted by molar-refractivity contribution is 6.13. The maximum atomic E-state index is 13.4. The molecule has 26 heavy (non-hydrogen) atoms. The number of ether oxygens (including phenoxy) is 1. The lowest BCUT2D eigenvalue weighted by molar-refractivity contribution is -0.617. The quantitative estimate of drug-likeness (QED) is 0.233. The Balaban J connectivity index is 1.94. The van der Waals surface area contributed by atoms with Crippen LogP contribution in [-0.4, -0.2) is 5.97 Å². The van der Waals surface area contributed by atoms with Crippen LogP contribution in [0.1, 0.15) is 10.4 Å². The lowest BCUT2D eigenvalue weighted by Gasteiger charge is -2.10. The average molecular weight is 350 g/mol. The highest BCUT2D eigenvalue weighted by atomic mass is 19.1. The molecule has 0 atom stereocenters. The molecule has 3 aromatic carbocycles. The highest BCUT2D eigenvalue weighted by Crippen LogP contribution is 2.26. The number of halogens is 2. The zero-order valence-corrected chi connectivity index (χ0v) is 13.9. The molecule has 0 fully saturated rings. The van der Waals surface area contributed by atoms with E-state index >= 15 is 0 Å². The first-order chi connectivity index (χ1) is 12.5. The lowest BCUT2D eigenvalue weighted by Crippen LogP contribution is -2.31. The van der Waals surface area contributed by atoms with Gasteiger partial charge in [-0.25, -0.2) is 13.6 Å². The Morgan fingerprint density at radius 3 is 1.88 bits per heavy atom. The molecule has 3 nitrogen and oxygen atoms in total. The summed E-state index contributed by atoms with van der Waals surface area (Å²) in [5.41, 5.74) is 2.06. The predicted molar refractivity (Wildman–Crippen MR) is 93.9 cm³/mol. The number of carbonyl (C=O) groups is 1. The van der Waals surface area contributed by atoms with Gasteiger partial charge in [-0.05, 0) is 12.1 Å². The van der Waals surface area contributed by atoms with Crippen LogP contribution in [0.15, 0.2) is 66.7 Å². The second-order valence-corrected chi connectivity index (χ2v) is 5.96. The monoisotopic (exact) mass is 350 g/mol. The molecule has 0 bridgehead atoms. The fourth-order valence-corrected chi connectivity index (χ4v) is 3.20. The van der Waals surface area contributed by atoms with Crippen LogP contribution in [0.3, 0.4) is 0 Å². The summed E-state index contributed by atoms with van der Waals surface area (Å²) >= 11 is 0. The number of hydrogen-bond donors (Lipinski definition) is 0. The number of benzene rings is 3. The third kappa shape index (κ3) is 2.67. The molecule has 1 heterocycles. The maximum absolute atomic E-state index is 13.4. The Kier molecular flexibility index (Phi) is 3.84. The van der Waals surface area contributed by atoms with Crippen molar-refractivity contribution >= 4 is 27.8 Å². The summed E-state index contributed by atoms with van der Waals surface area (Å²) in [5.74, 6) is -2.44. The minimum absolute atomic E-state index is 0.172. The van der Waals surface area contributed by atoms with E-state index < -0.39 is 17.6 Å². The van der Waals surface area contributed by atoms with E-state index in [9.17, 15) is 13.6 Å². The van der Waals surface area contributed by atoms with E-state index in [1.54, 1.807) is 0 Å². The van der Waals surface area contributed by atoms with Crippen LogP contribution in [0, 0.1) is 11.6 Å². The Bertz CT molecular complexity index is 1090. The fourth-order valence-electron chi connectivity index (χ4n) is 3.20. The summed E-state index contributed by atoms with van der Waals surface area (Å²) in [4.78, 5) is 12.9. The summed E-state index contributed by atoms with van der Waals surface area (Å²) in [7, 11) is 1.92. The van der Waals surface area contributed by atoms with Gasteiger partial charge >= 0.3 is 5.97 Å². The third-order valence-electron chi connectivity index (χ3n) is 4.32. The van der Waals surface area contributed by atoms with E-state index in [0.29, 0.717) is 16.3 Å². The van der Waals surface area contributed by atoms with Crippen molar-refractivity contribution < 1.29 is 22.9 Å². The van der Waals surface area contributed by atoms with E-state index in [-0.39, 0.29) is 5.75 Å². The molecule has 0 aliphatic carbocycles. The topological polar surface area (TPSA) is 30.2 Å². The zero-order chi connectivity index (χ0) is 18.3. The van der Waals surface area contributed by atoms with E-state index in [1.807, 2.05) is 60.1 Å². The zero-order valence-electron chi connectivity index (χ0n) is 13.9. The van der Waals surface area contributed by atoms with E-state index in [0.717, 1.165) is 29.2 Å². The van der Waals surface area contributed by atoms with Crippen molar-refractivity contribution in [2.75, 3.05) is 0 Å². The molecule has 0 radical (unpaired) electrons. The maximum Gasteiger partial charge on any atom is 0.345 e. The Hall–Kier alpha value is -3.34. The molecule has 4 aromatic rings. The van der Waals surface area contributed by atoms with Crippen molar-refractivity contribution in [1.29, 1.82) is 0 Å². The summed E-state index contributed by atoms with van der Waals surface area (Å²) < 4.78 is 34.1. The number of aryl methyl sites for hydroxylation is 1. The average Bonchev–Trinajstić information content (AvgIpc) is 2.61. The molecule has 0 unspecified atom stereocenters. The van der Waals surface area contributed by atoms with Crippen molar-refractivity contribution in [3.05, 3.63) is 83.9 Å². The van der Waals surface area contributed by atoms with Crippen LogP contribution in [0.5, 0.6) is 5.75 Å². The van der Waals surface area contributed by atoms with Gasteiger partial charge in [-0.15, -0.1) is 0 Å². The molecular formula is C21H14F2NO2+. The molecule has 0 spiro atoms. The largest absolute Gasteiger partial charge is 0.423 e. The molecule has 0 N–H and O–H groups in total. The van der Waals surface area contributed by atoms with Crippen LogP contribution >= 0.6 is 0 Å². The van der Waals surface area contributed by atoms with Crippen molar-refractivity contribution in [3.63, 3.8) is 0 Å². The summed E-state index contributed by atoms with van der Waals surface area (Å²) in [5, 5.41) is 1.41.